The zero-order chi connectivity index (χ0) is 14.5. The number of piperazine rings is 1. The van der Waals surface area contributed by atoms with Gasteiger partial charge < -0.3 is 10.2 Å². The zero-order valence-electron chi connectivity index (χ0n) is 11.3. The molecule has 2 amide bonds. The molecule has 1 fully saturated rings. The van der Waals surface area contributed by atoms with Crippen molar-refractivity contribution in [3.8, 4) is 6.07 Å². The zero-order valence-corrected chi connectivity index (χ0v) is 11.3. The number of likely N-dealkylation sites (N-methyl/N-ethyl adjacent to an activating group) is 1. The molecule has 0 aromatic heterocycles. The molecule has 0 unspecified atom stereocenters. The predicted molar refractivity (Wildman–Crippen MR) is 73.9 cm³/mol. The van der Waals surface area contributed by atoms with Crippen molar-refractivity contribution in [1.29, 1.82) is 5.26 Å². The summed E-state index contributed by atoms with van der Waals surface area (Å²) in [6.07, 6.45) is 0. The Hall–Kier alpha value is -2.39. The van der Waals surface area contributed by atoms with Crippen molar-refractivity contribution in [3.63, 3.8) is 0 Å². The molecule has 1 saturated heterocycles. The van der Waals surface area contributed by atoms with Crippen LogP contribution in [0.2, 0.25) is 0 Å². The van der Waals surface area contributed by atoms with Crippen molar-refractivity contribution in [3.05, 3.63) is 29.8 Å². The van der Waals surface area contributed by atoms with Crippen LogP contribution in [0.3, 0.4) is 0 Å². The van der Waals surface area contributed by atoms with E-state index >= 15 is 0 Å². The molecule has 0 radical (unpaired) electrons. The molecule has 104 valence electrons. The Morgan fingerprint density at radius 1 is 1.40 bits per heavy atom. The average Bonchev–Trinajstić information content (AvgIpc) is 2.43. The number of hydrogen-bond acceptors (Lipinski definition) is 4. The predicted octanol–water partition coefficient (Wildman–Crippen LogP) is 0.271. The second-order valence-corrected chi connectivity index (χ2v) is 4.73. The van der Waals surface area contributed by atoms with Gasteiger partial charge in [-0.3, -0.25) is 14.5 Å². The normalized spacial score (nSPS) is 15.8. The molecule has 6 nitrogen and oxygen atoms in total. The van der Waals surface area contributed by atoms with Crippen LogP contribution in [0.25, 0.3) is 0 Å². The van der Waals surface area contributed by atoms with Crippen LogP contribution in [0.15, 0.2) is 24.3 Å². The van der Waals surface area contributed by atoms with E-state index in [1.807, 2.05) is 6.07 Å². The Labute approximate surface area is 117 Å². The summed E-state index contributed by atoms with van der Waals surface area (Å²) >= 11 is 0. The molecule has 0 bridgehead atoms. The van der Waals surface area contributed by atoms with Gasteiger partial charge in [-0.15, -0.1) is 0 Å². The summed E-state index contributed by atoms with van der Waals surface area (Å²) in [4.78, 5) is 27.0. The number of anilines is 1. The molecule has 0 aliphatic carbocycles. The smallest absolute Gasteiger partial charge is 0.238 e. The van der Waals surface area contributed by atoms with Crippen LogP contribution >= 0.6 is 0 Å². The van der Waals surface area contributed by atoms with E-state index in [1.165, 1.54) is 0 Å². The lowest BCUT2D eigenvalue weighted by atomic mass is 10.2. The van der Waals surface area contributed by atoms with E-state index in [-0.39, 0.29) is 24.9 Å². The van der Waals surface area contributed by atoms with Crippen molar-refractivity contribution in [2.24, 2.45) is 0 Å². The molecule has 1 aliphatic rings. The summed E-state index contributed by atoms with van der Waals surface area (Å²) in [5, 5.41) is 11.7. The van der Waals surface area contributed by atoms with E-state index in [1.54, 1.807) is 41.1 Å². The van der Waals surface area contributed by atoms with Gasteiger partial charge in [-0.1, -0.05) is 12.1 Å². The third-order valence-corrected chi connectivity index (χ3v) is 3.23. The highest BCUT2D eigenvalue weighted by atomic mass is 16.2. The van der Waals surface area contributed by atoms with Crippen LogP contribution in [0.4, 0.5) is 5.69 Å². The monoisotopic (exact) mass is 272 g/mol. The van der Waals surface area contributed by atoms with Crippen LogP contribution in [0, 0.1) is 11.3 Å². The van der Waals surface area contributed by atoms with Crippen molar-refractivity contribution in [2.75, 3.05) is 38.5 Å². The van der Waals surface area contributed by atoms with Gasteiger partial charge in [-0.25, -0.2) is 0 Å². The maximum atomic E-state index is 11.9. The number of benzene rings is 1. The number of carbonyl (C=O) groups excluding carboxylic acids is 2. The standard InChI is InChI=1S/C14H16N4O2/c1-17-6-7-18(10-14(17)20)9-13(19)16-12-5-3-2-4-11(12)8-15/h2-5H,6-7,9-10H2,1H3,(H,16,19). The molecule has 6 heteroatoms. The topological polar surface area (TPSA) is 76.4 Å². The summed E-state index contributed by atoms with van der Waals surface area (Å²) in [6, 6.07) is 8.87. The Kier molecular flexibility index (Phi) is 4.33. The summed E-state index contributed by atoms with van der Waals surface area (Å²) in [6.45, 7) is 1.71. The van der Waals surface area contributed by atoms with Gasteiger partial charge in [0.1, 0.15) is 6.07 Å². The largest absolute Gasteiger partial charge is 0.343 e. The minimum atomic E-state index is -0.218. The van der Waals surface area contributed by atoms with Gasteiger partial charge in [0, 0.05) is 20.1 Å². The molecule has 20 heavy (non-hydrogen) atoms. The van der Waals surface area contributed by atoms with Gasteiger partial charge >= 0.3 is 0 Å². The van der Waals surface area contributed by atoms with Gasteiger partial charge in [0.25, 0.3) is 0 Å². The Bertz CT molecular complexity index is 565. The number of amides is 2. The Morgan fingerprint density at radius 2 is 2.15 bits per heavy atom. The minimum absolute atomic E-state index is 0.0153. The quantitative estimate of drug-likeness (QED) is 0.857. The SMILES string of the molecule is CN1CCN(CC(=O)Nc2ccccc2C#N)CC1=O. The lowest BCUT2D eigenvalue weighted by Crippen LogP contribution is -2.50. The van der Waals surface area contributed by atoms with E-state index in [9.17, 15) is 9.59 Å². The number of carbonyl (C=O) groups is 2. The molecule has 0 saturated carbocycles. The molecule has 1 aromatic carbocycles. The first kappa shape index (κ1) is 14.0. The van der Waals surface area contributed by atoms with Crippen LogP contribution in [0.5, 0.6) is 0 Å². The van der Waals surface area contributed by atoms with Gasteiger partial charge in [-0.05, 0) is 12.1 Å². The fourth-order valence-corrected chi connectivity index (χ4v) is 2.02. The number of nitrogens with zero attached hydrogens (tertiary/aromatic N) is 3. The van der Waals surface area contributed by atoms with E-state index in [4.69, 9.17) is 5.26 Å². The Morgan fingerprint density at radius 3 is 2.85 bits per heavy atom. The molecule has 1 N–H and O–H groups in total. The summed E-state index contributed by atoms with van der Waals surface area (Å²) in [5.74, 6) is -0.202. The third kappa shape index (κ3) is 3.33. The average molecular weight is 272 g/mol. The first-order valence-electron chi connectivity index (χ1n) is 6.35. The lowest BCUT2D eigenvalue weighted by molar-refractivity contribution is -0.135. The van der Waals surface area contributed by atoms with Crippen molar-refractivity contribution >= 4 is 17.5 Å². The molecular weight excluding hydrogens is 256 g/mol. The third-order valence-electron chi connectivity index (χ3n) is 3.23. The maximum Gasteiger partial charge on any atom is 0.238 e. The summed E-state index contributed by atoms with van der Waals surface area (Å²) < 4.78 is 0. The van der Waals surface area contributed by atoms with Gasteiger partial charge in [0.15, 0.2) is 0 Å². The number of para-hydroxylation sites is 1. The van der Waals surface area contributed by atoms with Gasteiger partial charge in [0.05, 0.1) is 24.3 Å². The van der Waals surface area contributed by atoms with E-state index in [2.05, 4.69) is 5.32 Å². The highest BCUT2D eigenvalue weighted by molar-refractivity contribution is 5.94. The molecule has 0 spiro atoms. The second-order valence-electron chi connectivity index (χ2n) is 4.73. The number of hydrogen-bond donors (Lipinski definition) is 1. The first-order chi connectivity index (χ1) is 9.60. The van der Waals surface area contributed by atoms with Crippen LogP contribution < -0.4 is 5.32 Å². The highest BCUT2D eigenvalue weighted by Crippen LogP contribution is 2.13. The van der Waals surface area contributed by atoms with E-state index in [0.717, 1.165) is 0 Å². The molecule has 1 aliphatic heterocycles. The molecule has 2 rings (SSSR count). The van der Waals surface area contributed by atoms with E-state index < -0.39 is 0 Å². The molecule has 0 atom stereocenters. The second kappa shape index (κ2) is 6.17. The molecule has 1 aromatic rings. The fraction of sp³-hybridized carbons (Fsp3) is 0.357. The van der Waals surface area contributed by atoms with E-state index in [0.29, 0.717) is 24.3 Å². The lowest BCUT2D eigenvalue weighted by Gasteiger charge is -2.31. The molecular formula is C14H16N4O2. The van der Waals surface area contributed by atoms with Gasteiger partial charge in [-0.2, -0.15) is 5.26 Å². The summed E-state index contributed by atoms with van der Waals surface area (Å²) in [5.41, 5.74) is 0.927. The number of rotatable bonds is 3. The minimum Gasteiger partial charge on any atom is -0.343 e. The van der Waals surface area contributed by atoms with Crippen molar-refractivity contribution in [1.82, 2.24) is 9.80 Å². The Balaban J connectivity index is 1.93. The van der Waals surface area contributed by atoms with Crippen LogP contribution in [-0.4, -0.2) is 54.8 Å². The summed E-state index contributed by atoms with van der Waals surface area (Å²) in [7, 11) is 1.75. The van der Waals surface area contributed by atoms with Crippen molar-refractivity contribution in [2.45, 2.75) is 0 Å². The van der Waals surface area contributed by atoms with Gasteiger partial charge in [0.2, 0.25) is 11.8 Å². The first-order valence-corrected chi connectivity index (χ1v) is 6.35. The fourth-order valence-electron chi connectivity index (χ4n) is 2.02. The van der Waals surface area contributed by atoms with Crippen LogP contribution in [0.1, 0.15) is 5.56 Å². The maximum absolute atomic E-state index is 11.9. The van der Waals surface area contributed by atoms with Crippen LogP contribution in [-0.2, 0) is 9.59 Å². The number of nitrogens with one attached hydrogen (secondary N) is 1. The number of nitriles is 1. The van der Waals surface area contributed by atoms with Crippen molar-refractivity contribution < 1.29 is 9.59 Å². The highest BCUT2D eigenvalue weighted by Gasteiger charge is 2.22. The molecule has 1 heterocycles.